The number of ether oxygens (including phenoxy) is 3. The molecule has 1 aromatic carbocycles. The van der Waals surface area contributed by atoms with E-state index in [0.717, 1.165) is 5.56 Å². The molecule has 6 N–H and O–H groups in total. The molecule has 0 aliphatic rings. The lowest BCUT2D eigenvalue weighted by atomic mass is 9.80. The van der Waals surface area contributed by atoms with Gasteiger partial charge in [-0.1, -0.05) is 33.8 Å². The molecular formula is C33H59N3O8S. The van der Waals surface area contributed by atoms with E-state index in [9.17, 15) is 23.1 Å². The standard InChI is InChI=1S/C33H59N3O8S/c1-22(2)25(19-27(34)28(37)20-26(23(3)4)31(38)36-21-33(5,6)32(35)39)17-24-11-12-29(43-15-10-16-45(8,40)41)30(18-24)44-14-9-13-42-7/h11-12,18,22-23,25-28,37H,9-10,13-17,19-21,34H2,1-8H3,(H2,35,39)(H,36,38)/t25-,26-,27-,28-/m0/s1. The van der Waals surface area contributed by atoms with E-state index in [1.165, 1.54) is 6.26 Å². The SMILES string of the molecule is COCCCOc1cc(C[C@@H](C[C@H](N)[C@@H](O)C[C@H](C(=O)NCC(C)(C)C(N)=O)C(C)C)C(C)C)ccc1OCCCS(C)(=O)=O. The molecular weight excluding hydrogens is 598 g/mol. The highest BCUT2D eigenvalue weighted by molar-refractivity contribution is 7.90. The Labute approximate surface area is 271 Å². The maximum absolute atomic E-state index is 13.0. The van der Waals surface area contributed by atoms with Gasteiger partial charge in [0.15, 0.2) is 11.5 Å². The summed E-state index contributed by atoms with van der Waals surface area (Å²) in [6, 6.07) is 5.22. The third-order valence-electron chi connectivity index (χ3n) is 8.19. The van der Waals surface area contributed by atoms with E-state index >= 15 is 0 Å². The third-order valence-corrected chi connectivity index (χ3v) is 9.22. The number of carbonyl (C=O) groups excluding carboxylic acids is 2. The third kappa shape index (κ3) is 15.6. The summed E-state index contributed by atoms with van der Waals surface area (Å²) in [5, 5.41) is 13.9. The lowest BCUT2D eigenvalue weighted by Gasteiger charge is -2.30. The summed E-state index contributed by atoms with van der Waals surface area (Å²) in [5.74, 6) is 0.337. The number of methoxy groups -OCH3 is 1. The van der Waals surface area contributed by atoms with Gasteiger partial charge in [0.1, 0.15) is 9.84 Å². The Morgan fingerprint density at radius 1 is 0.978 bits per heavy atom. The largest absolute Gasteiger partial charge is 0.490 e. The minimum absolute atomic E-state index is 0.0427. The average molecular weight is 658 g/mol. The maximum atomic E-state index is 13.0. The van der Waals surface area contributed by atoms with Crippen molar-refractivity contribution in [2.24, 2.45) is 40.6 Å². The van der Waals surface area contributed by atoms with Gasteiger partial charge in [0, 0.05) is 44.9 Å². The Morgan fingerprint density at radius 3 is 2.16 bits per heavy atom. The average Bonchev–Trinajstić information content (AvgIpc) is 2.94. The van der Waals surface area contributed by atoms with Crippen LogP contribution in [-0.4, -0.2) is 83.0 Å². The summed E-state index contributed by atoms with van der Waals surface area (Å²) in [4.78, 5) is 24.7. The number of hydrogen-bond acceptors (Lipinski definition) is 9. The molecule has 0 aliphatic heterocycles. The predicted molar refractivity (Wildman–Crippen MR) is 178 cm³/mol. The second kappa shape index (κ2) is 19.3. The minimum atomic E-state index is -3.07. The number of sulfone groups is 1. The first kappa shape index (κ1) is 40.6. The fraction of sp³-hybridized carbons (Fsp3) is 0.758. The second-order valence-corrected chi connectivity index (χ2v) is 15.8. The molecule has 0 saturated heterocycles. The fourth-order valence-electron chi connectivity index (χ4n) is 4.84. The number of carbonyl (C=O) groups is 2. The Hall–Kier alpha value is -2.41. The van der Waals surface area contributed by atoms with Gasteiger partial charge in [-0.15, -0.1) is 0 Å². The van der Waals surface area contributed by atoms with Gasteiger partial charge in [-0.3, -0.25) is 9.59 Å². The van der Waals surface area contributed by atoms with Gasteiger partial charge in [0.05, 0.1) is 30.5 Å². The number of nitrogens with two attached hydrogens (primary N) is 2. The lowest BCUT2D eigenvalue weighted by molar-refractivity contribution is -0.130. The molecule has 260 valence electrons. The van der Waals surface area contributed by atoms with Gasteiger partial charge >= 0.3 is 0 Å². The van der Waals surface area contributed by atoms with Crippen LogP contribution in [0, 0.1) is 29.1 Å². The van der Waals surface area contributed by atoms with Crippen molar-refractivity contribution in [1.82, 2.24) is 5.32 Å². The number of hydrogen-bond donors (Lipinski definition) is 4. The molecule has 0 spiro atoms. The molecule has 0 radical (unpaired) electrons. The van der Waals surface area contributed by atoms with Crippen LogP contribution in [-0.2, 0) is 30.6 Å². The molecule has 0 unspecified atom stereocenters. The summed E-state index contributed by atoms with van der Waals surface area (Å²) in [5.41, 5.74) is 12.1. The van der Waals surface area contributed by atoms with Crippen molar-refractivity contribution in [1.29, 1.82) is 0 Å². The van der Waals surface area contributed by atoms with E-state index in [0.29, 0.717) is 50.4 Å². The fourth-order valence-corrected chi connectivity index (χ4v) is 5.49. The van der Waals surface area contributed by atoms with E-state index in [4.69, 9.17) is 25.7 Å². The quantitative estimate of drug-likeness (QED) is 0.129. The first-order chi connectivity index (χ1) is 20.9. The number of benzene rings is 1. The molecule has 1 rings (SSSR count). The van der Waals surface area contributed by atoms with Gasteiger partial charge in [0.2, 0.25) is 11.8 Å². The maximum Gasteiger partial charge on any atom is 0.224 e. The zero-order valence-corrected chi connectivity index (χ0v) is 29.5. The molecule has 45 heavy (non-hydrogen) atoms. The Kier molecular flexibility index (Phi) is 17.4. The van der Waals surface area contributed by atoms with Gasteiger partial charge < -0.3 is 36.1 Å². The van der Waals surface area contributed by atoms with Gasteiger partial charge in [-0.25, -0.2) is 8.42 Å². The van der Waals surface area contributed by atoms with E-state index < -0.39 is 39.2 Å². The van der Waals surface area contributed by atoms with Crippen LogP contribution in [0.3, 0.4) is 0 Å². The molecule has 0 fully saturated rings. The molecule has 1 aromatic rings. The highest BCUT2D eigenvalue weighted by Crippen LogP contribution is 2.32. The summed E-state index contributed by atoms with van der Waals surface area (Å²) < 4.78 is 40.0. The summed E-state index contributed by atoms with van der Waals surface area (Å²) >= 11 is 0. The van der Waals surface area contributed by atoms with E-state index in [1.54, 1.807) is 21.0 Å². The second-order valence-electron chi connectivity index (χ2n) is 13.5. The summed E-state index contributed by atoms with van der Waals surface area (Å²) in [7, 11) is -1.43. The van der Waals surface area contributed by atoms with Crippen molar-refractivity contribution in [3.63, 3.8) is 0 Å². The number of nitrogens with one attached hydrogen (secondary N) is 1. The Balaban J connectivity index is 2.97. The number of rotatable bonds is 23. The van der Waals surface area contributed by atoms with Crippen LogP contribution >= 0.6 is 0 Å². The van der Waals surface area contributed by atoms with Crippen LogP contribution in [0.1, 0.15) is 72.8 Å². The van der Waals surface area contributed by atoms with Crippen LogP contribution in [0.25, 0.3) is 0 Å². The van der Waals surface area contributed by atoms with Crippen LogP contribution in [0.5, 0.6) is 11.5 Å². The van der Waals surface area contributed by atoms with E-state index in [1.807, 2.05) is 32.0 Å². The number of aliphatic hydroxyl groups excluding tert-OH is 1. The summed E-state index contributed by atoms with van der Waals surface area (Å²) in [6.45, 7) is 12.8. The molecule has 0 heterocycles. The molecule has 2 amide bonds. The first-order valence-electron chi connectivity index (χ1n) is 15.9. The molecule has 0 aromatic heterocycles. The highest BCUT2D eigenvalue weighted by Gasteiger charge is 2.32. The molecule has 11 nitrogen and oxygen atoms in total. The van der Waals surface area contributed by atoms with Crippen molar-refractivity contribution >= 4 is 21.7 Å². The topological polar surface area (TPSA) is 180 Å². The van der Waals surface area contributed by atoms with Crippen molar-refractivity contribution in [3.8, 4) is 11.5 Å². The minimum Gasteiger partial charge on any atom is -0.490 e. The smallest absolute Gasteiger partial charge is 0.224 e. The molecule has 4 atom stereocenters. The van der Waals surface area contributed by atoms with E-state index in [2.05, 4.69) is 19.2 Å². The zero-order valence-electron chi connectivity index (χ0n) is 28.6. The molecule has 0 bridgehead atoms. The molecule has 0 aliphatic carbocycles. The zero-order chi connectivity index (χ0) is 34.4. The monoisotopic (exact) mass is 657 g/mol. The number of amides is 2. The van der Waals surface area contributed by atoms with Crippen LogP contribution in [0.2, 0.25) is 0 Å². The number of primary amides is 1. The van der Waals surface area contributed by atoms with Gasteiger partial charge in [-0.2, -0.15) is 0 Å². The van der Waals surface area contributed by atoms with Crippen LogP contribution in [0.15, 0.2) is 18.2 Å². The van der Waals surface area contributed by atoms with Crippen LogP contribution in [0.4, 0.5) is 0 Å². The summed E-state index contributed by atoms with van der Waals surface area (Å²) in [6.07, 6.45) is 2.84. The predicted octanol–water partition coefficient (Wildman–Crippen LogP) is 3.10. The van der Waals surface area contributed by atoms with E-state index in [-0.39, 0.29) is 49.0 Å². The molecule has 12 heteroatoms. The Bertz CT molecular complexity index is 1160. The van der Waals surface area contributed by atoms with Gasteiger partial charge in [0.25, 0.3) is 0 Å². The Morgan fingerprint density at radius 2 is 1.60 bits per heavy atom. The van der Waals surface area contributed by atoms with Crippen LogP contribution < -0.4 is 26.3 Å². The molecule has 0 saturated carbocycles. The normalized spacial score (nSPS) is 15.0. The highest BCUT2D eigenvalue weighted by atomic mass is 32.2. The van der Waals surface area contributed by atoms with Crippen molar-refractivity contribution in [2.75, 3.05) is 45.5 Å². The number of aliphatic hydroxyl groups is 1. The lowest BCUT2D eigenvalue weighted by Crippen LogP contribution is -2.46. The first-order valence-corrected chi connectivity index (χ1v) is 18.0. The van der Waals surface area contributed by atoms with Crippen molar-refractivity contribution < 1.29 is 37.3 Å². The van der Waals surface area contributed by atoms with Crippen molar-refractivity contribution in [2.45, 2.75) is 85.8 Å². The van der Waals surface area contributed by atoms with Crippen molar-refractivity contribution in [3.05, 3.63) is 23.8 Å². The van der Waals surface area contributed by atoms with Gasteiger partial charge in [-0.05, 0) is 75.0 Å².